The van der Waals surface area contributed by atoms with Crippen LogP contribution in [0.1, 0.15) is 46.0 Å². The number of hydrogen-bond donors (Lipinski definition) is 0. The Morgan fingerprint density at radius 1 is 1.33 bits per heavy atom. The minimum atomic E-state index is 0.228. The molecule has 0 aromatic carbocycles. The molecule has 1 spiro atoms. The highest BCUT2D eigenvalue weighted by atomic mass is 16.5. The fraction of sp³-hybridized carbons (Fsp3) is 0.857. The normalized spacial score (nSPS) is 64.9. The molecule has 82 valence electrons. The first-order chi connectivity index (χ1) is 7.08. The summed E-state index contributed by atoms with van der Waals surface area (Å²) >= 11 is 0. The van der Waals surface area contributed by atoms with Crippen LogP contribution in [0.3, 0.4) is 0 Å². The predicted octanol–water partition coefficient (Wildman–Crippen LogP) is 3.30. The van der Waals surface area contributed by atoms with Crippen molar-refractivity contribution in [2.45, 2.75) is 57.7 Å². The van der Waals surface area contributed by atoms with Crippen molar-refractivity contribution in [2.75, 3.05) is 0 Å². The number of hydrogen-bond acceptors (Lipinski definition) is 1. The molecule has 2 saturated heterocycles. The standard InChI is InChI=1S/C14H20O/c1-12-5-3-4-6-14(12)8-10-7-11(12)15-13(10,2)9-14/h4,6,10-11H,3,5,7-9H2,1-2H3/t10-,11-,12+,13-,14-/m0/s1. The maximum Gasteiger partial charge on any atom is 0.0696 e. The lowest BCUT2D eigenvalue weighted by Crippen LogP contribution is -2.53. The van der Waals surface area contributed by atoms with Gasteiger partial charge in [0.2, 0.25) is 0 Å². The number of allylic oxidation sites excluding steroid dienone is 2. The van der Waals surface area contributed by atoms with Gasteiger partial charge in [0.1, 0.15) is 0 Å². The van der Waals surface area contributed by atoms with E-state index in [-0.39, 0.29) is 5.60 Å². The molecule has 0 aromatic rings. The molecule has 0 amide bonds. The maximum absolute atomic E-state index is 6.37. The summed E-state index contributed by atoms with van der Waals surface area (Å²) in [6, 6.07) is 0. The van der Waals surface area contributed by atoms with Crippen LogP contribution in [0.4, 0.5) is 0 Å². The minimum Gasteiger partial charge on any atom is -0.371 e. The molecule has 0 unspecified atom stereocenters. The summed E-state index contributed by atoms with van der Waals surface area (Å²) in [7, 11) is 0. The molecule has 4 fully saturated rings. The van der Waals surface area contributed by atoms with E-state index in [0.29, 0.717) is 16.9 Å². The van der Waals surface area contributed by atoms with Gasteiger partial charge in [0.25, 0.3) is 0 Å². The molecule has 0 aromatic heterocycles. The Bertz CT molecular complexity index is 360. The average molecular weight is 204 g/mol. The second-order valence-corrected chi connectivity index (χ2v) is 6.75. The first-order valence-corrected chi connectivity index (χ1v) is 6.44. The lowest BCUT2D eigenvalue weighted by molar-refractivity contribution is -0.169. The van der Waals surface area contributed by atoms with Crippen molar-refractivity contribution >= 4 is 0 Å². The topological polar surface area (TPSA) is 9.23 Å². The number of rotatable bonds is 0. The van der Waals surface area contributed by atoms with Crippen molar-refractivity contribution in [1.82, 2.24) is 0 Å². The lowest BCUT2D eigenvalue weighted by Gasteiger charge is -2.56. The lowest BCUT2D eigenvalue weighted by atomic mass is 9.52. The van der Waals surface area contributed by atoms with Crippen molar-refractivity contribution in [1.29, 1.82) is 0 Å². The fourth-order valence-corrected chi connectivity index (χ4v) is 5.17. The molecule has 1 nitrogen and oxygen atoms in total. The van der Waals surface area contributed by atoms with Gasteiger partial charge in [0, 0.05) is 5.41 Å². The summed E-state index contributed by atoms with van der Waals surface area (Å²) in [6.45, 7) is 4.84. The fourth-order valence-electron chi connectivity index (χ4n) is 5.17. The van der Waals surface area contributed by atoms with Gasteiger partial charge in [-0.15, -0.1) is 0 Å². The Kier molecular flexibility index (Phi) is 1.29. The zero-order valence-corrected chi connectivity index (χ0v) is 9.75. The molecule has 4 bridgehead atoms. The van der Waals surface area contributed by atoms with Crippen LogP contribution in [0.2, 0.25) is 0 Å². The van der Waals surface area contributed by atoms with Crippen molar-refractivity contribution in [3.05, 3.63) is 12.2 Å². The molecule has 3 aliphatic carbocycles. The molecule has 1 heteroatoms. The van der Waals surface area contributed by atoms with Gasteiger partial charge in [-0.3, -0.25) is 0 Å². The highest BCUT2D eigenvalue weighted by Crippen LogP contribution is 2.73. The smallest absolute Gasteiger partial charge is 0.0696 e. The molecule has 5 rings (SSSR count). The molecule has 0 radical (unpaired) electrons. The molecule has 2 aliphatic heterocycles. The van der Waals surface area contributed by atoms with Crippen LogP contribution in [0.25, 0.3) is 0 Å². The van der Waals surface area contributed by atoms with Crippen LogP contribution in [0, 0.1) is 16.7 Å². The third kappa shape index (κ3) is 0.759. The Hall–Kier alpha value is -0.300. The second kappa shape index (κ2) is 2.20. The monoisotopic (exact) mass is 204 g/mol. The summed E-state index contributed by atoms with van der Waals surface area (Å²) in [6.07, 6.45) is 12.2. The van der Waals surface area contributed by atoms with Gasteiger partial charge in [0.05, 0.1) is 11.7 Å². The summed E-state index contributed by atoms with van der Waals surface area (Å²) < 4.78 is 6.37. The van der Waals surface area contributed by atoms with Crippen LogP contribution >= 0.6 is 0 Å². The Morgan fingerprint density at radius 2 is 2.20 bits per heavy atom. The molecule has 2 heterocycles. The van der Waals surface area contributed by atoms with Crippen LogP contribution in [-0.2, 0) is 4.74 Å². The van der Waals surface area contributed by atoms with Gasteiger partial charge < -0.3 is 4.74 Å². The van der Waals surface area contributed by atoms with Crippen LogP contribution in [0.15, 0.2) is 12.2 Å². The van der Waals surface area contributed by atoms with E-state index >= 15 is 0 Å². The van der Waals surface area contributed by atoms with Gasteiger partial charge >= 0.3 is 0 Å². The molecule has 15 heavy (non-hydrogen) atoms. The van der Waals surface area contributed by atoms with Crippen molar-refractivity contribution in [3.63, 3.8) is 0 Å². The van der Waals surface area contributed by atoms with E-state index in [9.17, 15) is 0 Å². The van der Waals surface area contributed by atoms with Crippen LogP contribution in [0.5, 0.6) is 0 Å². The summed E-state index contributed by atoms with van der Waals surface area (Å²) in [4.78, 5) is 0. The van der Waals surface area contributed by atoms with Gasteiger partial charge in [-0.05, 0) is 50.4 Å². The zero-order valence-electron chi connectivity index (χ0n) is 9.75. The predicted molar refractivity (Wildman–Crippen MR) is 59.5 cm³/mol. The molecule has 0 N–H and O–H groups in total. The summed E-state index contributed by atoms with van der Waals surface area (Å²) in [5.41, 5.74) is 1.19. The highest BCUT2D eigenvalue weighted by Gasteiger charge is 2.71. The molecule has 5 aliphatic rings. The molecule has 5 atom stereocenters. The van der Waals surface area contributed by atoms with E-state index in [0.717, 1.165) is 5.92 Å². The van der Waals surface area contributed by atoms with E-state index in [1.165, 1.54) is 32.1 Å². The van der Waals surface area contributed by atoms with Crippen molar-refractivity contribution in [2.24, 2.45) is 16.7 Å². The highest BCUT2D eigenvalue weighted by molar-refractivity contribution is 5.27. The van der Waals surface area contributed by atoms with Crippen molar-refractivity contribution < 1.29 is 4.74 Å². The van der Waals surface area contributed by atoms with E-state index in [1.807, 2.05) is 0 Å². The first kappa shape index (κ1) is 8.81. The molecular formula is C14H20O. The van der Waals surface area contributed by atoms with Gasteiger partial charge in [-0.1, -0.05) is 19.1 Å². The van der Waals surface area contributed by atoms with Gasteiger partial charge in [-0.25, -0.2) is 0 Å². The van der Waals surface area contributed by atoms with E-state index in [2.05, 4.69) is 26.0 Å². The summed E-state index contributed by atoms with van der Waals surface area (Å²) in [5.74, 6) is 0.846. The quantitative estimate of drug-likeness (QED) is 0.550. The Balaban J connectivity index is 1.92. The third-order valence-corrected chi connectivity index (χ3v) is 6.17. The first-order valence-electron chi connectivity index (χ1n) is 6.44. The maximum atomic E-state index is 6.37. The van der Waals surface area contributed by atoms with Gasteiger partial charge in [-0.2, -0.15) is 0 Å². The molecule has 2 saturated carbocycles. The zero-order chi connectivity index (χ0) is 10.3. The van der Waals surface area contributed by atoms with Crippen LogP contribution < -0.4 is 0 Å². The summed E-state index contributed by atoms with van der Waals surface area (Å²) in [5, 5.41) is 0. The van der Waals surface area contributed by atoms with Crippen molar-refractivity contribution in [3.8, 4) is 0 Å². The second-order valence-electron chi connectivity index (χ2n) is 6.75. The van der Waals surface area contributed by atoms with Crippen LogP contribution in [-0.4, -0.2) is 11.7 Å². The van der Waals surface area contributed by atoms with E-state index in [1.54, 1.807) is 0 Å². The Morgan fingerprint density at radius 3 is 3.00 bits per heavy atom. The SMILES string of the molecule is C[C@]12C[C@@]34C=CCC[C@]3(C)[C@H](C[C@H]1C4)O2. The van der Waals surface area contributed by atoms with E-state index < -0.39 is 0 Å². The number of ether oxygens (including phenoxy) is 1. The minimum absolute atomic E-state index is 0.228. The van der Waals surface area contributed by atoms with E-state index in [4.69, 9.17) is 4.74 Å². The Labute approximate surface area is 91.9 Å². The average Bonchev–Trinajstić information content (AvgIpc) is 2.56. The largest absolute Gasteiger partial charge is 0.371 e. The molecular weight excluding hydrogens is 184 g/mol. The van der Waals surface area contributed by atoms with Gasteiger partial charge in [0.15, 0.2) is 0 Å². The third-order valence-electron chi connectivity index (χ3n) is 6.17.